The molecule has 49 heavy (non-hydrogen) atoms. The normalized spacial score (nSPS) is 10.8. The van der Waals surface area contributed by atoms with Gasteiger partial charge in [0.15, 0.2) is 12.6 Å². The Morgan fingerprint density at radius 3 is 2.33 bits per heavy atom. The summed E-state index contributed by atoms with van der Waals surface area (Å²) in [6, 6.07) is 22.3. The summed E-state index contributed by atoms with van der Waals surface area (Å²) in [5.41, 5.74) is 7.38. The van der Waals surface area contributed by atoms with Gasteiger partial charge in [0, 0.05) is 34.4 Å². The second-order valence-corrected chi connectivity index (χ2v) is 12.0. The third-order valence-electron chi connectivity index (χ3n) is 8.16. The summed E-state index contributed by atoms with van der Waals surface area (Å²) in [4.78, 5) is 27.3. The Morgan fingerprint density at radius 2 is 1.55 bits per heavy atom. The highest BCUT2D eigenvalue weighted by molar-refractivity contribution is 6.32. The molecule has 0 aliphatic carbocycles. The predicted octanol–water partition coefficient (Wildman–Crippen LogP) is 8.43. The van der Waals surface area contributed by atoms with E-state index >= 15 is 0 Å². The molecular formula is C38H28Cl2N4O5. The molecule has 4 aromatic carbocycles. The predicted molar refractivity (Wildman–Crippen MR) is 187 cm³/mol. The van der Waals surface area contributed by atoms with Crippen molar-refractivity contribution in [3.63, 3.8) is 0 Å². The number of fused-ring (bicyclic) bond motifs is 1. The number of hydrogen-bond acceptors (Lipinski definition) is 8. The third kappa shape index (κ3) is 6.97. The topological polar surface area (TPSA) is 116 Å². The van der Waals surface area contributed by atoms with Crippen LogP contribution < -0.4 is 14.2 Å². The van der Waals surface area contributed by atoms with Crippen molar-refractivity contribution in [2.75, 3.05) is 7.11 Å². The number of methoxy groups -OCH3 is 1. The van der Waals surface area contributed by atoms with Crippen LogP contribution in [-0.4, -0.2) is 34.4 Å². The molecule has 0 radical (unpaired) electrons. The van der Waals surface area contributed by atoms with Gasteiger partial charge < -0.3 is 14.2 Å². The number of hydrogen-bond donors (Lipinski definition) is 0. The van der Waals surface area contributed by atoms with Crippen LogP contribution in [-0.2, 0) is 19.8 Å². The van der Waals surface area contributed by atoms with Gasteiger partial charge in [-0.15, -0.1) is 0 Å². The molecular weight excluding hydrogens is 663 g/mol. The fourth-order valence-electron chi connectivity index (χ4n) is 5.58. The van der Waals surface area contributed by atoms with Gasteiger partial charge in [-0.2, -0.15) is 10.4 Å². The van der Waals surface area contributed by atoms with E-state index in [0.717, 1.165) is 33.2 Å². The first-order valence-electron chi connectivity index (χ1n) is 15.1. The first kappa shape index (κ1) is 33.2. The smallest absolute Gasteiger partial charge is 0.153 e. The summed E-state index contributed by atoms with van der Waals surface area (Å²) < 4.78 is 19.2. The van der Waals surface area contributed by atoms with Gasteiger partial charge in [-0.05, 0) is 65.1 Å². The van der Waals surface area contributed by atoms with E-state index in [1.807, 2.05) is 42.1 Å². The second kappa shape index (κ2) is 14.6. The van der Waals surface area contributed by atoms with E-state index < -0.39 is 0 Å². The molecule has 0 aliphatic rings. The largest absolute Gasteiger partial charge is 0.496 e. The zero-order valence-electron chi connectivity index (χ0n) is 26.4. The lowest BCUT2D eigenvalue weighted by Crippen LogP contribution is -2.05. The van der Waals surface area contributed by atoms with Crippen LogP contribution >= 0.6 is 23.2 Å². The van der Waals surface area contributed by atoms with Crippen LogP contribution in [0.25, 0.3) is 22.0 Å². The molecule has 2 aromatic heterocycles. The summed E-state index contributed by atoms with van der Waals surface area (Å²) in [5, 5.41) is 15.6. The SMILES string of the molecule is COc1cc(OCc2cccc(-c3cccc4c3cnn4Cc3cc(OCc4cncc(C#N)c4)c(C=O)cc3Cl)c2C)c(Cl)cc1C=O. The van der Waals surface area contributed by atoms with Crippen molar-refractivity contribution in [3.05, 3.63) is 134 Å². The van der Waals surface area contributed by atoms with Gasteiger partial charge in [0.05, 0.1) is 47.1 Å². The molecule has 0 N–H and O–H groups in total. The number of aromatic nitrogens is 3. The van der Waals surface area contributed by atoms with E-state index in [2.05, 4.69) is 23.2 Å². The average Bonchev–Trinajstić information content (AvgIpc) is 3.54. The number of rotatable bonds is 12. The monoisotopic (exact) mass is 690 g/mol. The highest BCUT2D eigenvalue weighted by Gasteiger charge is 2.17. The molecule has 244 valence electrons. The molecule has 11 heteroatoms. The maximum absolute atomic E-state index is 11.9. The van der Waals surface area contributed by atoms with Crippen LogP contribution in [0.3, 0.4) is 0 Å². The summed E-state index contributed by atoms with van der Waals surface area (Å²) >= 11 is 13.0. The number of aldehydes is 2. The number of nitriles is 1. The van der Waals surface area contributed by atoms with Gasteiger partial charge in [-0.3, -0.25) is 19.3 Å². The van der Waals surface area contributed by atoms with Gasteiger partial charge in [-0.25, -0.2) is 0 Å². The van der Waals surface area contributed by atoms with Crippen LogP contribution in [0.1, 0.15) is 48.5 Å². The molecule has 0 bridgehead atoms. The van der Waals surface area contributed by atoms with Crippen molar-refractivity contribution in [2.24, 2.45) is 0 Å². The summed E-state index contributed by atoms with van der Waals surface area (Å²) in [6.45, 7) is 2.73. The molecule has 6 rings (SSSR count). The van der Waals surface area contributed by atoms with Crippen LogP contribution in [0.15, 0.2) is 85.3 Å². The van der Waals surface area contributed by atoms with E-state index in [1.165, 1.54) is 19.4 Å². The maximum Gasteiger partial charge on any atom is 0.153 e. The average molecular weight is 692 g/mol. The standard InChI is InChI=1S/C38H28Cl2N4O5/c1-23-26(22-49-38-13-36(47-2)28(19-45)11-34(38)40)5-3-6-30(23)31-7-4-8-35-32(31)17-43-44(35)18-27-12-37(29(20-46)10-33(27)39)48-21-25-9-24(14-41)15-42-16-25/h3-13,15-17,19-20H,18,21-22H2,1-2H3. The highest BCUT2D eigenvalue weighted by atomic mass is 35.5. The number of pyridine rings is 1. The number of ether oxygens (including phenoxy) is 3. The van der Waals surface area contributed by atoms with Gasteiger partial charge >= 0.3 is 0 Å². The second-order valence-electron chi connectivity index (χ2n) is 11.1. The Bertz CT molecular complexity index is 2260. The lowest BCUT2D eigenvalue weighted by atomic mass is 9.94. The first-order chi connectivity index (χ1) is 23.8. The fourth-order valence-corrected chi connectivity index (χ4v) is 6.04. The van der Waals surface area contributed by atoms with Crippen LogP contribution in [0.4, 0.5) is 0 Å². The quantitative estimate of drug-likeness (QED) is 0.118. The van der Waals surface area contributed by atoms with E-state index in [0.29, 0.717) is 74.2 Å². The molecule has 0 amide bonds. The lowest BCUT2D eigenvalue weighted by Gasteiger charge is -2.15. The summed E-state index contributed by atoms with van der Waals surface area (Å²) in [6.07, 6.45) is 6.29. The number of carbonyl (C=O) groups excluding carboxylic acids is 2. The maximum atomic E-state index is 11.9. The minimum absolute atomic E-state index is 0.121. The molecule has 2 heterocycles. The number of benzene rings is 4. The molecule has 9 nitrogen and oxygen atoms in total. The Balaban J connectivity index is 1.26. The van der Waals surface area contributed by atoms with Crippen molar-refractivity contribution >= 4 is 46.7 Å². The number of halogens is 2. The van der Waals surface area contributed by atoms with E-state index in [1.54, 1.807) is 30.5 Å². The first-order valence-corrected chi connectivity index (χ1v) is 15.8. The summed E-state index contributed by atoms with van der Waals surface area (Å²) in [7, 11) is 1.48. The van der Waals surface area contributed by atoms with Gasteiger partial charge in [0.1, 0.15) is 36.5 Å². The molecule has 0 saturated carbocycles. The van der Waals surface area contributed by atoms with Gasteiger partial charge in [-0.1, -0.05) is 53.5 Å². The fraction of sp³-hybridized carbons (Fsp3) is 0.132. The Kier molecular flexibility index (Phi) is 9.90. The van der Waals surface area contributed by atoms with Crippen molar-refractivity contribution in [1.82, 2.24) is 14.8 Å². The number of carbonyl (C=O) groups is 2. The zero-order valence-corrected chi connectivity index (χ0v) is 28.0. The van der Waals surface area contributed by atoms with Crippen molar-refractivity contribution in [1.29, 1.82) is 5.26 Å². The van der Waals surface area contributed by atoms with Gasteiger partial charge in [0.25, 0.3) is 0 Å². The Labute approximate surface area is 292 Å². The van der Waals surface area contributed by atoms with E-state index in [4.69, 9.17) is 42.5 Å². The molecule has 0 fully saturated rings. The van der Waals surface area contributed by atoms with E-state index in [-0.39, 0.29) is 13.2 Å². The molecule has 0 saturated heterocycles. The molecule has 6 aromatic rings. The van der Waals surface area contributed by atoms with Crippen molar-refractivity contribution in [3.8, 4) is 34.4 Å². The zero-order chi connectivity index (χ0) is 34.5. The molecule has 0 spiro atoms. The minimum atomic E-state index is 0.121. The van der Waals surface area contributed by atoms with E-state index in [9.17, 15) is 14.9 Å². The molecule has 0 atom stereocenters. The van der Waals surface area contributed by atoms with Gasteiger partial charge in [0.2, 0.25) is 0 Å². The van der Waals surface area contributed by atoms with Crippen LogP contribution in [0, 0.1) is 18.3 Å². The summed E-state index contributed by atoms with van der Waals surface area (Å²) in [5.74, 6) is 1.16. The van der Waals surface area contributed by atoms with Crippen molar-refractivity contribution in [2.45, 2.75) is 26.7 Å². The lowest BCUT2D eigenvalue weighted by molar-refractivity contribution is 0.111. The minimum Gasteiger partial charge on any atom is -0.496 e. The Morgan fingerprint density at radius 1 is 0.816 bits per heavy atom. The Hall–Kier alpha value is -5.69. The van der Waals surface area contributed by atoms with Crippen molar-refractivity contribution < 1.29 is 23.8 Å². The molecule has 0 aliphatic heterocycles. The highest BCUT2D eigenvalue weighted by Crippen LogP contribution is 2.36. The molecule has 0 unspecified atom stereocenters. The van der Waals surface area contributed by atoms with Crippen LogP contribution in [0.5, 0.6) is 17.2 Å². The number of nitrogens with zero attached hydrogens (tertiary/aromatic N) is 4. The van der Waals surface area contributed by atoms with Crippen LogP contribution in [0.2, 0.25) is 10.0 Å². The third-order valence-corrected chi connectivity index (χ3v) is 8.81.